The minimum absolute atomic E-state index is 0.00781. The summed E-state index contributed by atoms with van der Waals surface area (Å²) in [4.78, 5) is 13.0. The van der Waals surface area contributed by atoms with Crippen LogP contribution in [0.25, 0.3) is 0 Å². The molecule has 0 fully saturated rings. The molecule has 0 aromatic heterocycles. The Hall–Kier alpha value is -0.790. The fourth-order valence-electron chi connectivity index (χ4n) is 4.37. The Labute approximate surface area is 196 Å². The van der Waals surface area contributed by atoms with Crippen molar-refractivity contribution in [2.75, 3.05) is 0 Å². The average molecular weight is 437 g/mol. The summed E-state index contributed by atoms with van der Waals surface area (Å²) < 4.78 is 6.01. The number of carbonyl (C=O) groups is 1. The van der Waals surface area contributed by atoms with Crippen LogP contribution in [0.3, 0.4) is 0 Å². The van der Waals surface area contributed by atoms with Crippen LogP contribution in [0, 0.1) is 23.7 Å². The summed E-state index contributed by atoms with van der Waals surface area (Å²) in [7, 11) is 0. The second kappa shape index (κ2) is 19.9. The lowest BCUT2D eigenvalue weighted by Crippen LogP contribution is -2.31. The van der Waals surface area contributed by atoms with Gasteiger partial charge in [0.1, 0.15) is 6.10 Å². The number of carbonyl (C=O) groups excluding carboxylic acids is 1. The van der Waals surface area contributed by atoms with E-state index in [1.807, 2.05) is 0 Å². The molecule has 2 heteroatoms. The second-order valence-corrected chi connectivity index (χ2v) is 10.5. The van der Waals surface area contributed by atoms with Gasteiger partial charge in [-0.05, 0) is 30.6 Å². The van der Waals surface area contributed by atoms with Crippen LogP contribution in [0.15, 0.2) is 12.2 Å². The molecule has 2 unspecified atom stereocenters. The highest BCUT2D eigenvalue weighted by molar-refractivity contribution is 5.74. The predicted molar refractivity (Wildman–Crippen MR) is 137 cm³/mol. The average Bonchev–Trinajstić information content (AvgIpc) is 2.72. The van der Waals surface area contributed by atoms with Crippen molar-refractivity contribution in [1.29, 1.82) is 0 Å². The van der Waals surface area contributed by atoms with Crippen molar-refractivity contribution in [3.8, 4) is 0 Å². The third-order valence-electron chi connectivity index (χ3n) is 6.42. The smallest absolute Gasteiger partial charge is 0.313 e. The van der Waals surface area contributed by atoms with Crippen LogP contribution < -0.4 is 0 Å². The molecule has 2 atom stereocenters. The number of allylic oxidation sites excluding steroid dienone is 1. The molecular formula is C29H56O2. The van der Waals surface area contributed by atoms with Gasteiger partial charge in [-0.1, -0.05) is 138 Å². The van der Waals surface area contributed by atoms with E-state index in [9.17, 15) is 4.79 Å². The van der Waals surface area contributed by atoms with Crippen LogP contribution in [0.1, 0.15) is 138 Å². The molecule has 0 aromatic rings. The number of hydrogen-bond acceptors (Lipinski definition) is 2. The molecule has 184 valence electrons. The Morgan fingerprint density at radius 2 is 1.10 bits per heavy atom. The van der Waals surface area contributed by atoms with Crippen LogP contribution in [-0.2, 0) is 9.53 Å². The lowest BCUT2D eigenvalue weighted by Gasteiger charge is -2.26. The van der Waals surface area contributed by atoms with Gasteiger partial charge in [0.2, 0.25) is 0 Å². The van der Waals surface area contributed by atoms with Crippen molar-refractivity contribution >= 4 is 5.97 Å². The maximum atomic E-state index is 13.0. The molecule has 0 saturated heterocycles. The third-order valence-corrected chi connectivity index (χ3v) is 6.42. The van der Waals surface area contributed by atoms with E-state index in [4.69, 9.17) is 4.74 Å². The third kappa shape index (κ3) is 16.5. The second-order valence-electron chi connectivity index (χ2n) is 10.5. The minimum atomic E-state index is -0.0850. The summed E-state index contributed by atoms with van der Waals surface area (Å²) in [5, 5.41) is 0. The lowest BCUT2D eigenvalue weighted by atomic mass is 9.94. The molecule has 0 aliphatic rings. The molecule has 0 heterocycles. The van der Waals surface area contributed by atoms with E-state index in [1.54, 1.807) is 0 Å². The Kier molecular flexibility index (Phi) is 19.4. The Balaban J connectivity index is 4.69. The normalized spacial score (nSPS) is 14.1. The number of unbranched alkanes of at least 4 members (excludes halogenated alkanes) is 10. The van der Waals surface area contributed by atoms with E-state index >= 15 is 0 Å². The van der Waals surface area contributed by atoms with Gasteiger partial charge in [0.05, 0.1) is 5.92 Å². The summed E-state index contributed by atoms with van der Waals surface area (Å²) in [5.74, 6) is 1.16. The fraction of sp³-hybridized carbons (Fsp3) is 0.897. The van der Waals surface area contributed by atoms with Crippen molar-refractivity contribution in [3.63, 3.8) is 0 Å². The minimum Gasteiger partial charge on any atom is -0.461 e. The monoisotopic (exact) mass is 436 g/mol. The van der Waals surface area contributed by atoms with Gasteiger partial charge in [-0.3, -0.25) is 4.79 Å². The zero-order valence-corrected chi connectivity index (χ0v) is 22.3. The molecule has 0 rings (SSSR count). The summed E-state index contributed by atoms with van der Waals surface area (Å²) in [6, 6.07) is 0. The van der Waals surface area contributed by atoms with Crippen molar-refractivity contribution in [3.05, 3.63) is 12.2 Å². The first-order valence-electron chi connectivity index (χ1n) is 13.7. The lowest BCUT2D eigenvalue weighted by molar-refractivity contribution is -0.157. The van der Waals surface area contributed by atoms with E-state index in [2.05, 4.69) is 60.6 Å². The summed E-state index contributed by atoms with van der Waals surface area (Å²) >= 11 is 0. The Morgan fingerprint density at radius 3 is 1.61 bits per heavy atom. The highest BCUT2D eigenvalue weighted by atomic mass is 16.5. The maximum Gasteiger partial charge on any atom is 0.313 e. The summed E-state index contributed by atoms with van der Waals surface area (Å²) in [6.07, 6.45) is 22.2. The molecule has 0 N–H and O–H groups in total. The molecular weight excluding hydrogens is 380 g/mol. The zero-order valence-electron chi connectivity index (χ0n) is 22.3. The molecule has 0 radical (unpaired) electrons. The number of rotatable bonds is 20. The quantitative estimate of drug-likeness (QED) is 0.108. The van der Waals surface area contributed by atoms with E-state index in [-0.39, 0.29) is 18.0 Å². The first-order chi connectivity index (χ1) is 14.8. The van der Waals surface area contributed by atoms with Crippen molar-refractivity contribution in [2.45, 2.75) is 144 Å². The van der Waals surface area contributed by atoms with Gasteiger partial charge in [0.25, 0.3) is 0 Å². The number of ether oxygens (including phenoxy) is 1. The van der Waals surface area contributed by atoms with Gasteiger partial charge in [0.15, 0.2) is 0 Å². The largest absolute Gasteiger partial charge is 0.461 e. The molecule has 0 bridgehead atoms. The number of hydrogen-bond donors (Lipinski definition) is 0. The molecule has 0 aliphatic carbocycles. The van der Waals surface area contributed by atoms with Crippen LogP contribution in [0.2, 0.25) is 0 Å². The SMILES string of the molecule is CCCCCCCCCCC(/C=C\C(C)CCCCCC)C(=O)OC(C(C)C)C(C)C. The Morgan fingerprint density at radius 1 is 0.645 bits per heavy atom. The molecule has 0 aromatic carbocycles. The van der Waals surface area contributed by atoms with E-state index in [1.165, 1.54) is 77.0 Å². The van der Waals surface area contributed by atoms with Gasteiger partial charge < -0.3 is 4.74 Å². The van der Waals surface area contributed by atoms with Crippen LogP contribution >= 0.6 is 0 Å². The molecule has 31 heavy (non-hydrogen) atoms. The van der Waals surface area contributed by atoms with Crippen molar-refractivity contribution < 1.29 is 9.53 Å². The maximum absolute atomic E-state index is 13.0. The highest BCUT2D eigenvalue weighted by Gasteiger charge is 2.25. The van der Waals surface area contributed by atoms with Crippen molar-refractivity contribution in [1.82, 2.24) is 0 Å². The highest BCUT2D eigenvalue weighted by Crippen LogP contribution is 2.22. The number of esters is 1. The van der Waals surface area contributed by atoms with Gasteiger partial charge >= 0.3 is 5.97 Å². The molecule has 0 amide bonds. The van der Waals surface area contributed by atoms with E-state index in [0.29, 0.717) is 17.8 Å². The standard InChI is InChI=1S/C29H56O2/c1-8-10-12-14-15-16-17-19-21-27(23-22-26(7)20-18-13-11-9-2)29(30)31-28(24(3)4)25(5)6/h22-28H,8-21H2,1-7H3/b23-22-. The van der Waals surface area contributed by atoms with E-state index < -0.39 is 0 Å². The van der Waals surface area contributed by atoms with Crippen LogP contribution in [0.5, 0.6) is 0 Å². The molecule has 0 aliphatic heterocycles. The van der Waals surface area contributed by atoms with Gasteiger partial charge in [-0.2, -0.15) is 0 Å². The summed E-state index contributed by atoms with van der Waals surface area (Å²) in [6.45, 7) is 15.4. The fourth-order valence-corrected chi connectivity index (χ4v) is 4.37. The van der Waals surface area contributed by atoms with E-state index in [0.717, 1.165) is 12.8 Å². The molecule has 0 spiro atoms. The molecule has 2 nitrogen and oxygen atoms in total. The van der Waals surface area contributed by atoms with Crippen LogP contribution in [0.4, 0.5) is 0 Å². The van der Waals surface area contributed by atoms with Gasteiger partial charge in [-0.15, -0.1) is 0 Å². The van der Waals surface area contributed by atoms with Gasteiger partial charge in [-0.25, -0.2) is 0 Å². The summed E-state index contributed by atoms with van der Waals surface area (Å²) in [5.41, 5.74) is 0. The first-order valence-corrected chi connectivity index (χ1v) is 13.7. The van der Waals surface area contributed by atoms with Crippen molar-refractivity contribution in [2.24, 2.45) is 23.7 Å². The Bertz CT molecular complexity index is 430. The van der Waals surface area contributed by atoms with Gasteiger partial charge in [0, 0.05) is 0 Å². The van der Waals surface area contributed by atoms with Crippen LogP contribution in [-0.4, -0.2) is 12.1 Å². The predicted octanol–water partition coefficient (Wildman–Crippen LogP) is 9.52. The topological polar surface area (TPSA) is 26.3 Å². The first kappa shape index (κ1) is 30.2. The zero-order chi connectivity index (χ0) is 23.5. The molecule has 0 saturated carbocycles.